The van der Waals surface area contributed by atoms with Crippen LogP contribution in [0.5, 0.6) is 5.75 Å². The summed E-state index contributed by atoms with van der Waals surface area (Å²) in [6.45, 7) is 3.15. The molecule has 3 aromatic rings. The number of ether oxygens (including phenoxy) is 2. The first kappa shape index (κ1) is 19.9. The Kier molecular flexibility index (Phi) is 7.03. The van der Waals surface area contributed by atoms with E-state index in [9.17, 15) is 4.79 Å². The largest absolute Gasteiger partial charge is 0.489 e. The van der Waals surface area contributed by atoms with Crippen molar-refractivity contribution in [2.45, 2.75) is 20.1 Å². The third-order valence-corrected chi connectivity index (χ3v) is 4.49. The number of anilines is 1. The molecule has 1 heterocycles. The van der Waals surface area contributed by atoms with Crippen molar-refractivity contribution in [2.24, 2.45) is 0 Å². The molecule has 2 aromatic carbocycles. The van der Waals surface area contributed by atoms with E-state index in [1.807, 2.05) is 48.5 Å². The third-order valence-electron chi connectivity index (χ3n) is 3.99. The van der Waals surface area contributed by atoms with E-state index in [1.54, 1.807) is 19.1 Å². The molecular weight excluding hydrogens is 420 g/mol. The van der Waals surface area contributed by atoms with Crippen molar-refractivity contribution in [1.82, 2.24) is 4.98 Å². The van der Waals surface area contributed by atoms with Crippen LogP contribution in [0.4, 0.5) is 5.82 Å². The third kappa shape index (κ3) is 5.57. The predicted octanol–water partition coefficient (Wildman–Crippen LogP) is 5.21. The molecule has 0 spiro atoms. The molecule has 0 unspecified atom stereocenters. The van der Waals surface area contributed by atoms with Gasteiger partial charge in [0.25, 0.3) is 0 Å². The first-order valence-corrected chi connectivity index (χ1v) is 9.77. The normalized spacial score (nSPS) is 10.4. The second kappa shape index (κ2) is 9.90. The van der Waals surface area contributed by atoms with Gasteiger partial charge >= 0.3 is 5.97 Å². The van der Waals surface area contributed by atoms with Crippen molar-refractivity contribution in [3.63, 3.8) is 0 Å². The first-order chi connectivity index (χ1) is 13.7. The van der Waals surface area contributed by atoms with Crippen LogP contribution in [0.2, 0.25) is 0 Å². The van der Waals surface area contributed by atoms with Crippen LogP contribution in [-0.2, 0) is 17.9 Å². The quantitative estimate of drug-likeness (QED) is 0.487. The van der Waals surface area contributed by atoms with E-state index in [1.165, 1.54) is 6.20 Å². The van der Waals surface area contributed by atoms with Crippen LogP contribution in [0, 0.1) is 0 Å². The molecule has 1 aromatic heterocycles. The second-order valence-electron chi connectivity index (χ2n) is 6.03. The molecule has 0 aliphatic heterocycles. The number of nitrogens with one attached hydrogen (secondary N) is 1. The second-order valence-corrected chi connectivity index (χ2v) is 6.95. The van der Waals surface area contributed by atoms with Gasteiger partial charge in [-0.25, -0.2) is 9.78 Å². The fourth-order valence-corrected chi connectivity index (χ4v) is 2.99. The lowest BCUT2D eigenvalue weighted by Gasteiger charge is -2.13. The molecule has 3 rings (SSSR count). The average Bonchev–Trinajstić information content (AvgIpc) is 2.73. The number of esters is 1. The van der Waals surface area contributed by atoms with Crippen LogP contribution in [0.15, 0.2) is 71.3 Å². The van der Waals surface area contributed by atoms with Gasteiger partial charge in [0, 0.05) is 22.8 Å². The number of rotatable bonds is 8. The highest BCUT2D eigenvalue weighted by Gasteiger charge is 2.08. The van der Waals surface area contributed by atoms with Crippen LogP contribution in [0.3, 0.4) is 0 Å². The first-order valence-electron chi connectivity index (χ1n) is 8.98. The van der Waals surface area contributed by atoms with Crippen molar-refractivity contribution < 1.29 is 14.3 Å². The highest BCUT2D eigenvalue weighted by Crippen LogP contribution is 2.25. The highest BCUT2D eigenvalue weighted by atomic mass is 79.9. The Labute approximate surface area is 172 Å². The highest BCUT2D eigenvalue weighted by molar-refractivity contribution is 9.10. The zero-order chi connectivity index (χ0) is 19.8. The molecule has 28 heavy (non-hydrogen) atoms. The molecule has 1 N–H and O–H groups in total. The number of nitrogens with zero attached hydrogens (tertiary/aromatic N) is 1. The zero-order valence-corrected chi connectivity index (χ0v) is 17.1. The number of pyridine rings is 1. The van der Waals surface area contributed by atoms with Gasteiger partial charge in [-0.15, -0.1) is 0 Å². The molecule has 0 amide bonds. The average molecular weight is 441 g/mol. The maximum Gasteiger partial charge on any atom is 0.339 e. The summed E-state index contributed by atoms with van der Waals surface area (Å²) in [4.78, 5) is 16.0. The maximum absolute atomic E-state index is 11.7. The Morgan fingerprint density at radius 2 is 1.93 bits per heavy atom. The number of benzene rings is 2. The Hall–Kier alpha value is -2.86. The van der Waals surface area contributed by atoms with E-state index in [-0.39, 0.29) is 5.97 Å². The molecule has 5 nitrogen and oxygen atoms in total. The number of aromatic nitrogens is 1. The van der Waals surface area contributed by atoms with E-state index >= 15 is 0 Å². The van der Waals surface area contributed by atoms with Gasteiger partial charge in [0.15, 0.2) is 0 Å². The summed E-state index contributed by atoms with van der Waals surface area (Å²) in [5.74, 6) is 1.11. The van der Waals surface area contributed by atoms with Gasteiger partial charge in [-0.2, -0.15) is 0 Å². The molecule has 0 atom stereocenters. The number of hydrogen-bond acceptors (Lipinski definition) is 5. The lowest BCUT2D eigenvalue weighted by molar-refractivity contribution is 0.0526. The molecule has 0 saturated carbocycles. The van der Waals surface area contributed by atoms with Crippen molar-refractivity contribution in [2.75, 3.05) is 11.9 Å². The minimum atomic E-state index is -0.370. The van der Waals surface area contributed by atoms with E-state index < -0.39 is 0 Å². The summed E-state index contributed by atoms with van der Waals surface area (Å²) in [5.41, 5.74) is 2.55. The minimum absolute atomic E-state index is 0.341. The summed E-state index contributed by atoms with van der Waals surface area (Å²) in [6.07, 6.45) is 1.51. The molecule has 0 fully saturated rings. The molecule has 144 valence electrons. The summed E-state index contributed by atoms with van der Waals surface area (Å²) in [5, 5.41) is 3.26. The van der Waals surface area contributed by atoms with Crippen molar-refractivity contribution in [1.29, 1.82) is 0 Å². The lowest BCUT2D eigenvalue weighted by atomic mass is 10.2. The Morgan fingerprint density at radius 1 is 1.11 bits per heavy atom. The van der Waals surface area contributed by atoms with Crippen LogP contribution in [0.25, 0.3) is 0 Å². The van der Waals surface area contributed by atoms with Gasteiger partial charge in [0.1, 0.15) is 18.2 Å². The minimum Gasteiger partial charge on any atom is -0.489 e. The van der Waals surface area contributed by atoms with E-state index in [2.05, 4.69) is 26.2 Å². The van der Waals surface area contributed by atoms with Crippen molar-refractivity contribution in [3.05, 3.63) is 88.0 Å². The summed E-state index contributed by atoms with van der Waals surface area (Å²) in [7, 11) is 0. The monoisotopic (exact) mass is 440 g/mol. The van der Waals surface area contributed by atoms with Crippen molar-refractivity contribution in [3.8, 4) is 5.75 Å². The van der Waals surface area contributed by atoms with Crippen LogP contribution in [0.1, 0.15) is 28.4 Å². The smallest absolute Gasteiger partial charge is 0.339 e. The fourth-order valence-electron chi connectivity index (χ4n) is 2.58. The number of hydrogen-bond donors (Lipinski definition) is 1. The van der Waals surface area contributed by atoms with Gasteiger partial charge in [0.2, 0.25) is 0 Å². The summed E-state index contributed by atoms with van der Waals surface area (Å²) < 4.78 is 11.9. The van der Waals surface area contributed by atoms with Gasteiger partial charge < -0.3 is 14.8 Å². The van der Waals surface area contributed by atoms with Gasteiger partial charge in [-0.05, 0) is 42.8 Å². The lowest BCUT2D eigenvalue weighted by Crippen LogP contribution is -2.07. The van der Waals surface area contributed by atoms with E-state index in [4.69, 9.17) is 9.47 Å². The molecule has 0 aliphatic carbocycles. The predicted molar refractivity (Wildman–Crippen MR) is 112 cm³/mol. The van der Waals surface area contributed by atoms with Crippen LogP contribution >= 0.6 is 15.9 Å². The molecule has 0 radical (unpaired) electrons. The van der Waals surface area contributed by atoms with Gasteiger partial charge in [-0.3, -0.25) is 0 Å². The molecule has 0 aliphatic rings. The van der Waals surface area contributed by atoms with E-state index in [0.29, 0.717) is 31.1 Å². The number of halogens is 1. The Balaban J connectivity index is 1.65. The van der Waals surface area contributed by atoms with E-state index in [0.717, 1.165) is 21.3 Å². The van der Waals surface area contributed by atoms with Gasteiger partial charge in [-0.1, -0.05) is 46.3 Å². The van der Waals surface area contributed by atoms with Crippen LogP contribution in [-0.4, -0.2) is 17.6 Å². The number of carbonyl (C=O) groups is 1. The zero-order valence-electron chi connectivity index (χ0n) is 15.5. The SMILES string of the molecule is CCOC(=O)c1ccc(NCc2cc(Br)ccc2OCc2ccccc2)nc1. The summed E-state index contributed by atoms with van der Waals surface area (Å²) >= 11 is 3.51. The summed E-state index contributed by atoms with van der Waals surface area (Å²) in [6, 6.07) is 19.4. The molecular formula is C22H21BrN2O3. The molecule has 6 heteroatoms. The fraction of sp³-hybridized carbons (Fsp3) is 0.182. The Morgan fingerprint density at radius 3 is 2.64 bits per heavy atom. The number of carbonyl (C=O) groups excluding carboxylic acids is 1. The Bertz CT molecular complexity index is 915. The van der Waals surface area contributed by atoms with Gasteiger partial charge in [0.05, 0.1) is 12.2 Å². The van der Waals surface area contributed by atoms with Crippen LogP contribution < -0.4 is 10.1 Å². The molecule has 0 saturated heterocycles. The maximum atomic E-state index is 11.7. The topological polar surface area (TPSA) is 60.5 Å². The van der Waals surface area contributed by atoms with Crippen molar-refractivity contribution >= 4 is 27.7 Å². The molecule has 0 bridgehead atoms. The standard InChI is InChI=1S/C22H21BrN2O3/c1-2-27-22(26)17-8-11-21(24-13-17)25-14-18-12-19(23)9-10-20(18)28-15-16-6-4-3-5-7-16/h3-13H,2,14-15H2,1H3,(H,24,25).